The van der Waals surface area contributed by atoms with E-state index in [1.807, 2.05) is 30.3 Å². The van der Waals surface area contributed by atoms with Crippen LogP contribution in [0.25, 0.3) is 0 Å². The maximum atomic E-state index is 13.6. The largest absolute Gasteiger partial charge is 0.398 e. The van der Waals surface area contributed by atoms with E-state index in [9.17, 15) is 29.0 Å². The van der Waals surface area contributed by atoms with Gasteiger partial charge in [-0.2, -0.15) is 8.78 Å². The fourth-order valence-electron chi connectivity index (χ4n) is 3.56. The van der Waals surface area contributed by atoms with Crippen molar-refractivity contribution >= 4 is 38.7 Å². The Morgan fingerprint density at radius 2 is 1.53 bits per heavy atom. The Bertz CT molecular complexity index is 1410. The van der Waals surface area contributed by atoms with Crippen LogP contribution >= 0.6 is 15.9 Å². The van der Waals surface area contributed by atoms with Crippen LogP contribution in [-0.2, 0) is 11.3 Å². The normalized spacial score (nSPS) is 13.2. The lowest BCUT2D eigenvalue weighted by molar-refractivity contribution is -0.387. The van der Waals surface area contributed by atoms with Crippen molar-refractivity contribution in [3.8, 4) is 11.8 Å². The molecule has 38 heavy (non-hydrogen) atoms. The van der Waals surface area contributed by atoms with Crippen LogP contribution in [0.1, 0.15) is 30.4 Å². The monoisotopic (exact) mass is 588 g/mol. The van der Waals surface area contributed by atoms with Crippen molar-refractivity contribution in [1.82, 2.24) is 0 Å². The molecule has 1 fully saturated rings. The van der Waals surface area contributed by atoms with E-state index in [0.29, 0.717) is 17.7 Å². The van der Waals surface area contributed by atoms with Crippen LogP contribution in [0.2, 0.25) is 0 Å². The van der Waals surface area contributed by atoms with Crippen molar-refractivity contribution in [3.05, 3.63) is 102 Å². The summed E-state index contributed by atoms with van der Waals surface area (Å²) in [7, 11) is 0. The smallest absolute Gasteiger partial charge is 0.306 e. The second-order valence-electron chi connectivity index (χ2n) is 8.59. The first-order valence-electron chi connectivity index (χ1n) is 11.3. The lowest BCUT2D eigenvalue weighted by atomic mass is 9.70. The van der Waals surface area contributed by atoms with Crippen LogP contribution in [0.15, 0.2) is 59.1 Å². The van der Waals surface area contributed by atoms with Gasteiger partial charge < -0.3 is 16.2 Å². The summed E-state index contributed by atoms with van der Waals surface area (Å²) in [6.45, 7) is 0.993. The van der Waals surface area contributed by atoms with Gasteiger partial charge in [0.25, 0.3) is 0 Å². The van der Waals surface area contributed by atoms with Gasteiger partial charge in [-0.1, -0.05) is 48.6 Å². The summed E-state index contributed by atoms with van der Waals surface area (Å²) in [6.07, 6.45) is 2.86. The van der Waals surface area contributed by atoms with E-state index in [0.717, 1.165) is 49.1 Å². The van der Waals surface area contributed by atoms with Gasteiger partial charge in [-0.05, 0) is 34.3 Å². The van der Waals surface area contributed by atoms with Crippen molar-refractivity contribution in [2.45, 2.75) is 25.9 Å². The molecular weight excluding hydrogens is 566 g/mol. The molecule has 0 aromatic heterocycles. The lowest BCUT2D eigenvalue weighted by Gasteiger charge is -2.36. The third-order valence-corrected chi connectivity index (χ3v) is 6.53. The van der Waals surface area contributed by atoms with Gasteiger partial charge in [0.2, 0.25) is 11.6 Å². The van der Waals surface area contributed by atoms with E-state index < -0.39 is 32.9 Å². The number of ether oxygens (including phenoxy) is 1. The number of nitro groups is 2. The molecule has 0 amide bonds. The quantitative estimate of drug-likeness (QED) is 0.152. The number of rotatable bonds is 6. The van der Waals surface area contributed by atoms with Crippen molar-refractivity contribution in [3.63, 3.8) is 0 Å². The number of halogens is 3. The zero-order chi connectivity index (χ0) is 27.9. The molecule has 3 aromatic rings. The van der Waals surface area contributed by atoms with Crippen LogP contribution in [0.4, 0.5) is 31.5 Å². The average molecular weight is 589 g/mol. The van der Waals surface area contributed by atoms with E-state index in [1.54, 1.807) is 0 Å². The number of hydrogen-bond acceptors (Lipinski definition) is 7. The number of nitrogen functional groups attached to an aromatic ring is 2. The molecule has 0 unspecified atom stereocenters. The maximum Gasteiger partial charge on any atom is 0.306 e. The summed E-state index contributed by atoms with van der Waals surface area (Å²) in [5.74, 6) is 4.18. The minimum atomic E-state index is -0.956. The average Bonchev–Trinajstić information content (AvgIpc) is 2.84. The van der Waals surface area contributed by atoms with Gasteiger partial charge in [0.05, 0.1) is 39.7 Å². The first kappa shape index (κ1) is 28.5. The maximum absolute atomic E-state index is 13.6. The molecule has 0 heterocycles. The summed E-state index contributed by atoms with van der Waals surface area (Å²) in [5, 5.41) is 21.1. The molecule has 198 valence electrons. The van der Waals surface area contributed by atoms with E-state index in [1.165, 1.54) is 0 Å². The minimum absolute atomic E-state index is 0.0975. The minimum Gasteiger partial charge on any atom is -0.398 e. The van der Waals surface area contributed by atoms with Crippen LogP contribution in [0.5, 0.6) is 0 Å². The molecule has 0 spiro atoms. The van der Waals surface area contributed by atoms with Crippen molar-refractivity contribution < 1.29 is 23.4 Å². The van der Waals surface area contributed by atoms with Gasteiger partial charge in [-0.15, -0.1) is 0 Å². The van der Waals surface area contributed by atoms with Gasteiger partial charge in [0, 0.05) is 34.4 Å². The zero-order valence-corrected chi connectivity index (χ0v) is 21.5. The van der Waals surface area contributed by atoms with E-state index in [-0.39, 0.29) is 22.4 Å². The number of hydrogen-bond donors (Lipinski definition) is 2. The van der Waals surface area contributed by atoms with Crippen molar-refractivity contribution in [1.29, 1.82) is 0 Å². The molecule has 0 radical (unpaired) electrons. The van der Waals surface area contributed by atoms with Gasteiger partial charge in [-0.25, -0.2) is 0 Å². The van der Waals surface area contributed by atoms with Gasteiger partial charge in [0.15, 0.2) is 0 Å². The third-order valence-electron chi connectivity index (χ3n) is 5.84. The molecule has 4 rings (SSSR count). The molecule has 0 bridgehead atoms. The van der Waals surface area contributed by atoms with Gasteiger partial charge in [0.1, 0.15) is 0 Å². The fourth-order valence-corrected chi connectivity index (χ4v) is 3.90. The number of nitrogens with zero attached hydrogens (tertiary/aromatic N) is 2. The van der Waals surface area contributed by atoms with Crippen LogP contribution in [0.3, 0.4) is 0 Å². The molecule has 3 aromatic carbocycles. The van der Waals surface area contributed by atoms with Crippen molar-refractivity contribution in [2.24, 2.45) is 5.41 Å². The molecule has 1 saturated carbocycles. The molecule has 1 aliphatic rings. The Labute approximate surface area is 225 Å². The van der Waals surface area contributed by atoms with E-state index in [2.05, 4.69) is 27.8 Å². The second kappa shape index (κ2) is 12.4. The highest BCUT2D eigenvalue weighted by atomic mass is 79.9. The highest BCUT2D eigenvalue weighted by Crippen LogP contribution is 2.41. The molecule has 4 N–H and O–H groups in total. The predicted octanol–water partition coefficient (Wildman–Crippen LogP) is 6.13. The van der Waals surface area contributed by atoms with Crippen molar-refractivity contribution in [2.75, 3.05) is 18.1 Å². The van der Waals surface area contributed by atoms with Crippen LogP contribution in [-0.4, -0.2) is 16.5 Å². The summed E-state index contributed by atoms with van der Waals surface area (Å²) < 4.78 is 32.4. The first-order chi connectivity index (χ1) is 18.0. The standard InChI is InChI=1S/C20H19FN2O3.C6H4BrFN2O2/c21-17-12-18(22)16(11-19(17)23(24)25)7-10-20(8-4-9-20)14-26-13-15-5-2-1-3-6-15;7-3-1-6(10(11)12)4(8)2-5(3)9/h1-3,5-6,11-12H,4,8-9,13-14,22H2;1-2H,9H2. The molecule has 12 heteroatoms. The highest BCUT2D eigenvalue weighted by Gasteiger charge is 2.35. The first-order valence-corrected chi connectivity index (χ1v) is 12.1. The lowest BCUT2D eigenvalue weighted by Crippen LogP contribution is -2.32. The Hall–Kier alpha value is -4.08. The fraction of sp³-hybridized carbons (Fsp3) is 0.231. The Morgan fingerprint density at radius 1 is 0.947 bits per heavy atom. The summed E-state index contributed by atoms with van der Waals surface area (Å²) in [6, 6.07) is 13.8. The number of anilines is 2. The molecule has 0 atom stereocenters. The molecule has 0 saturated heterocycles. The summed E-state index contributed by atoms with van der Waals surface area (Å²) in [5.41, 5.74) is 11.2. The number of nitro benzene ring substituents is 2. The molecular formula is C26H23BrF2N4O5. The van der Waals surface area contributed by atoms with Gasteiger partial charge >= 0.3 is 11.4 Å². The molecule has 0 aliphatic heterocycles. The molecule has 1 aliphatic carbocycles. The van der Waals surface area contributed by atoms with E-state index >= 15 is 0 Å². The zero-order valence-electron chi connectivity index (χ0n) is 20.0. The number of benzene rings is 3. The Balaban J connectivity index is 0.000000279. The topological polar surface area (TPSA) is 148 Å². The molecule has 9 nitrogen and oxygen atoms in total. The SMILES string of the molecule is Nc1cc(F)c([N+](=O)[O-])cc1Br.Nc1cc(F)c([N+](=O)[O-])cc1C#CC1(COCc2ccccc2)CCC1. The Morgan fingerprint density at radius 3 is 2.08 bits per heavy atom. The highest BCUT2D eigenvalue weighted by molar-refractivity contribution is 9.10. The second-order valence-corrected chi connectivity index (χ2v) is 9.45. The summed E-state index contributed by atoms with van der Waals surface area (Å²) in [4.78, 5) is 19.5. The predicted molar refractivity (Wildman–Crippen MR) is 142 cm³/mol. The number of nitrogens with two attached hydrogens (primary N) is 2. The third kappa shape index (κ3) is 7.24. The van der Waals surface area contributed by atoms with Crippen LogP contribution in [0, 0.1) is 49.1 Å². The van der Waals surface area contributed by atoms with Gasteiger partial charge in [-0.3, -0.25) is 20.2 Å². The Kier molecular flexibility index (Phi) is 9.33. The summed E-state index contributed by atoms with van der Waals surface area (Å²) >= 11 is 2.95. The van der Waals surface area contributed by atoms with E-state index in [4.69, 9.17) is 16.2 Å². The van der Waals surface area contributed by atoms with Crippen LogP contribution < -0.4 is 11.5 Å².